The Balaban J connectivity index is 2.13. The van der Waals surface area contributed by atoms with Gasteiger partial charge in [0, 0.05) is 17.9 Å². The molecule has 1 aliphatic heterocycles. The topological polar surface area (TPSA) is 30.2 Å². The van der Waals surface area contributed by atoms with Gasteiger partial charge in [0.25, 0.3) is 0 Å². The Labute approximate surface area is 96.8 Å². The molecule has 0 aromatic carbocycles. The van der Waals surface area contributed by atoms with Gasteiger partial charge in [0.05, 0.1) is 5.02 Å². The average molecular weight is 240 g/mol. The Hall–Kier alpha value is -0.740. The molecule has 1 fully saturated rings. The second-order valence-electron chi connectivity index (χ2n) is 3.69. The number of nitrogens with zero attached hydrogens (tertiary/aromatic N) is 3. The summed E-state index contributed by atoms with van der Waals surface area (Å²) in [6, 6.07) is 3.75. The summed E-state index contributed by atoms with van der Waals surface area (Å²) in [6.45, 7) is 0. The summed E-state index contributed by atoms with van der Waals surface area (Å²) in [7, 11) is 0. The van der Waals surface area contributed by atoms with Crippen molar-refractivity contribution in [1.29, 1.82) is 0 Å². The van der Waals surface area contributed by atoms with Crippen molar-refractivity contribution < 1.29 is 0 Å². The second kappa shape index (κ2) is 3.68. The molecule has 78 valence electrons. The largest absolute Gasteiger partial charge is 0.285 e. The van der Waals surface area contributed by atoms with Gasteiger partial charge in [-0.3, -0.25) is 4.40 Å². The fourth-order valence-corrected chi connectivity index (χ4v) is 3.28. The number of fused-ring (bicyclic) bond motifs is 1. The lowest BCUT2D eigenvalue weighted by molar-refractivity contribution is 0.705. The van der Waals surface area contributed by atoms with Gasteiger partial charge in [-0.15, -0.1) is 10.2 Å². The number of halogens is 1. The van der Waals surface area contributed by atoms with Gasteiger partial charge in [-0.1, -0.05) is 11.6 Å². The van der Waals surface area contributed by atoms with E-state index in [9.17, 15) is 0 Å². The monoisotopic (exact) mass is 239 g/mol. The normalized spacial score (nSPS) is 21.3. The Morgan fingerprint density at radius 1 is 1.40 bits per heavy atom. The molecule has 0 saturated carbocycles. The van der Waals surface area contributed by atoms with Gasteiger partial charge in [0.1, 0.15) is 5.82 Å². The number of thioether (sulfide) groups is 1. The highest BCUT2D eigenvalue weighted by Gasteiger charge is 2.22. The first-order valence-corrected chi connectivity index (χ1v) is 6.46. The number of aromatic nitrogens is 3. The molecular formula is C10H10ClN3S. The Bertz CT molecular complexity index is 490. The number of pyridine rings is 1. The third-order valence-electron chi connectivity index (χ3n) is 2.69. The van der Waals surface area contributed by atoms with Gasteiger partial charge in [0.15, 0.2) is 5.65 Å². The molecular weight excluding hydrogens is 230 g/mol. The van der Waals surface area contributed by atoms with E-state index in [1.54, 1.807) is 0 Å². The lowest BCUT2D eigenvalue weighted by Crippen LogP contribution is -2.02. The van der Waals surface area contributed by atoms with Crippen LogP contribution in [0.5, 0.6) is 0 Å². The van der Waals surface area contributed by atoms with E-state index in [4.69, 9.17) is 11.6 Å². The van der Waals surface area contributed by atoms with Gasteiger partial charge in [-0.2, -0.15) is 11.8 Å². The summed E-state index contributed by atoms with van der Waals surface area (Å²) in [5.74, 6) is 3.95. The Morgan fingerprint density at radius 2 is 2.33 bits per heavy atom. The van der Waals surface area contributed by atoms with Crippen LogP contribution in [0.3, 0.4) is 0 Å². The van der Waals surface area contributed by atoms with Crippen LogP contribution in [0.2, 0.25) is 5.02 Å². The number of rotatable bonds is 1. The zero-order valence-electron chi connectivity index (χ0n) is 8.06. The SMILES string of the molecule is Clc1ccc2nnc(C3CCSC3)n2c1. The van der Waals surface area contributed by atoms with Crippen LogP contribution in [0, 0.1) is 0 Å². The first-order chi connectivity index (χ1) is 7.34. The molecule has 0 spiro atoms. The molecule has 0 N–H and O–H groups in total. The van der Waals surface area contributed by atoms with Crippen molar-refractivity contribution >= 4 is 29.0 Å². The summed E-state index contributed by atoms with van der Waals surface area (Å²) in [5.41, 5.74) is 0.881. The van der Waals surface area contributed by atoms with Crippen LogP contribution in [-0.4, -0.2) is 26.1 Å². The molecule has 2 aromatic heterocycles. The average Bonchev–Trinajstić information content (AvgIpc) is 2.83. The maximum Gasteiger partial charge on any atom is 0.160 e. The Kier molecular flexibility index (Phi) is 2.33. The van der Waals surface area contributed by atoms with Crippen molar-refractivity contribution in [3.63, 3.8) is 0 Å². The van der Waals surface area contributed by atoms with Crippen LogP contribution < -0.4 is 0 Å². The number of hydrogen-bond acceptors (Lipinski definition) is 3. The van der Waals surface area contributed by atoms with Gasteiger partial charge in [-0.25, -0.2) is 0 Å². The van der Waals surface area contributed by atoms with E-state index in [0.717, 1.165) is 22.2 Å². The van der Waals surface area contributed by atoms with Crippen molar-refractivity contribution in [2.75, 3.05) is 11.5 Å². The van der Waals surface area contributed by atoms with Crippen molar-refractivity contribution in [2.24, 2.45) is 0 Å². The molecule has 3 nitrogen and oxygen atoms in total. The van der Waals surface area contributed by atoms with E-state index < -0.39 is 0 Å². The van der Waals surface area contributed by atoms with Crippen LogP contribution in [0.4, 0.5) is 0 Å². The maximum atomic E-state index is 5.97. The van der Waals surface area contributed by atoms with Crippen LogP contribution in [0.15, 0.2) is 18.3 Å². The van der Waals surface area contributed by atoms with Gasteiger partial charge >= 0.3 is 0 Å². The van der Waals surface area contributed by atoms with Crippen molar-refractivity contribution in [3.05, 3.63) is 29.2 Å². The molecule has 0 aliphatic carbocycles. The minimum absolute atomic E-state index is 0.531. The summed E-state index contributed by atoms with van der Waals surface area (Å²) in [5, 5.41) is 9.14. The molecule has 3 heterocycles. The fourth-order valence-electron chi connectivity index (χ4n) is 1.90. The highest BCUT2D eigenvalue weighted by atomic mass is 35.5. The third kappa shape index (κ3) is 1.62. The second-order valence-corrected chi connectivity index (χ2v) is 5.28. The first kappa shape index (κ1) is 9.48. The molecule has 1 aliphatic rings. The zero-order chi connectivity index (χ0) is 10.3. The van der Waals surface area contributed by atoms with Gasteiger partial charge < -0.3 is 0 Å². The predicted octanol–water partition coefficient (Wildman–Crippen LogP) is 2.60. The molecule has 1 unspecified atom stereocenters. The molecule has 5 heteroatoms. The highest BCUT2D eigenvalue weighted by molar-refractivity contribution is 7.99. The summed E-state index contributed by atoms with van der Waals surface area (Å²) in [6.07, 6.45) is 3.09. The zero-order valence-corrected chi connectivity index (χ0v) is 9.63. The smallest absolute Gasteiger partial charge is 0.160 e. The lowest BCUT2D eigenvalue weighted by Gasteiger charge is -2.05. The van der Waals surface area contributed by atoms with Crippen molar-refractivity contribution in [2.45, 2.75) is 12.3 Å². The molecule has 0 amide bonds. The minimum Gasteiger partial charge on any atom is -0.285 e. The fraction of sp³-hybridized carbons (Fsp3) is 0.400. The number of hydrogen-bond donors (Lipinski definition) is 0. The quantitative estimate of drug-likeness (QED) is 0.766. The Morgan fingerprint density at radius 3 is 3.13 bits per heavy atom. The van der Waals surface area contributed by atoms with Gasteiger partial charge in [-0.05, 0) is 24.3 Å². The lowest BCUT2D eigenvalue weighted by atomic mass is 10.1. The van der Waals surface area contributed by atoms with Gasteiger partial charge in [0.2, 0.25) is 0 Å². The standard InChI is InChI=1S/C10H10ClN3S/c11-8-1-2-9-12-13-10(14(9)5-8)7-3-4-15-6-7/h1-2,5,7H,3-4,6H2. The molecule has 1 saturated heterocycles. The van der Waals surface area contributed by atoms with E-state index in [0.29, 0.717) is 5.92 Å². The summed E-state index contributed by atoms with van der Waals surface area (Å²) in [4.78, 5) is 0. The summed E-state index contributed by atoms with van der Waals surface area (Å²) < 4.78 is 2.01. The third-order valence-corrected chi connectivity index (χ3v) is 4.07. The molecule has 0 radical (unpaired) electrons. The van der Waals surface area contributed by atoms with Crippen LogP contribution in [0.1, 0.15) is 18.2 Å². The minimum atomic E-state index is 0.531. The highest BCUT2D eigenvalue weighted by Crippen LogP contribution is 2.31. The molecule has 2 aromatic rings. The predicted molar refractivity (Wildman–Crippen MR) is 62.7 cm³/mol. The molecule has 0 bridgehead atoms. The molecule has 15 heavy (non-hydrogen) atoms. The van der Waals surface area contributed by atoms with E-state index in [1.165, 1.54) is 12.2 Å². The van der Waals surface area contributed by atoms with Crippen LogP contribution in [0.25, 0.3) is 5.65 Å². The molecule has 1 atom stereocenters. The van der Waals surface area contributed by atoms with Crippen molar-refractivity contribution in [3.8, 4) is 0 Å². The van der Waals surface area contributed by atoms with E-state index in [-0.39, 0.29) is 0 Å². The maximum absolute atomic E-state index is 5.97. The van der Waals surface area contributed by atoms with E-state index in [1.807, 2.05) is 34.5 Å². The van der Waals surface area contributed by atoms with Crippen molar-refractivity contribution in [1.82, 2.24) is 14.6 Å². The van der Waals surface area contributed by atoms with E-state index in [2.05, 4.69) is 10.2 Å². The summed E-state index contributed by atoms with van der Waals surface area (Å²) >= 11 is 7.95. The van der Waals surface area contributed by atoms with E-state index >= 15 is 0 Å². The van der Waals surface area contributed by atoms with Crippen LogP contribution in [-0.2, 0) is 0 Å². The molecule has 3 rings (SSSR count). The van der Waals surface area contributed by atoms with Crippen LogP contribution >= 0.6 is 23.4 Å². The first-order valence-electron chi connectivity index (χ1n) is 4.92.